The van der Waals surface area contributed by atoms with Crippen LogP contribution in [0.25, 0.3) is 10.2 Å². The third-order valence-electron chi connectivity index (χ3n) is 5.60. The van der Waals surface area contributed by atoms with Crippen molar-refractivity contribution >= 4 is 21.6 Å². The molecule has 0 amide bonds. The monoisotopic (exact) mass is 421 g/mol. The molecule has 0 saturated carbocycles. The Bertz CT molecular complexity index is 1160. The van der Waals surface area contributed by atoms with Crippen LogP contribution in [0.5, 0.6) is 0 Å². The molecule has 6 heteroatoms. The van der Waals surface area contributed by atoms with Crippen molar-refractivity contribution in [2.45, 2.75) is 46.2 Å². The minimum absolute atomic E-state index is 0.0475. The highest BCUT2D eigenvalue weighted by Gasteiger charge is 2.19. The molecule has 0 aliphatic rings. The molecule has 2 N–H and O–H groups in total. The van der Waals surface area contributed by atoms with E-state index in [2.05, 4.69) is 43.2 Å². The zero-order chi connectivity index (χ0) is 21.1. The number of hydrogen-bond acceptors (Lipinski definition) is 5. The molecule has 3 heterocycles. The van der Waals surface area contributed by atoms with Crippen LogP contribution in [0.2, 0.25) is 0 Å². The predicted molar refractivity (Wildman–Crippen MR) is 122 cm³/mol. The molecule has 0 fully saturated rings. The van der Waals surface area contributed by atoms with E-state index in [1.165, 1.54) is 4.88 Å². The third kappa shape index (κ3) is 4.25. The first-order valence-corrected chi connectivity index (χ1v) is 11.2. The molecule has 0 unspecified atom stereocenters. The SMILES string of the molecule is CC[C@@H](C)Cc1c(C)sc2nc(CN[C@H](c3ccccc3)c3ccco3)[nH]c(=O)c12. The van der Waals surface area contributed by atoms with Gasteiger partial charge < -0.3 is 9.40 Å². The quantitative estimate of drug-likeness (QED) is 0.402. The van der Waals surface area contributed by atoms with Crippen LogP contribution in [0.1, 0.15) is 53.9 Å². The summed E-state index contributed by atoms with van der Waals surface area (Å²) in [6, 6.07) is 13.8. The van der Waals surface area contributed by atoms with E-state index in [0.717, 1.165) is 39.9 Å². The molecule has 4 aromatic rings. The summed E-state index contributed by atoms with van der Waals surface area (Å²) < 4.78 is 5.65. The largest absolute Gasteiger partial charge is 0.467 e. The summed E-state index contributed by atoms with van der Waals surface area (Å²) in [7, 11) is 0. The number of thiophene rings is 1. The fourth-order valence-electron chi connectivity index (χ4n) is 3.72. The van der Waals surface area contributed by atoms with Crippen molar-refractivity contribution in [1.29, 1.82) is 0 Å². The molecule has 4 rings (SSSR count). The Balaban J connectivity index is 1.61. The second kappa shape index (κ2) is 8.98. The molecule has 30 heavy (non-hydrogen) atoms. The van der Waals surface area contributed by atoms with Crippen LogP contribution >= 0.6 is 11.3 Å². The summed E-state index contributed by atoms with van der Waals surface area (Å²) >= 11 is 1.61. The maximum atomic E-state index is 12.9. The molecule has 5 nitrogen and oxygen atoms in total. The van der Waals surface area contributed by atoms with Crippen molar-refractivity contribution in [2.75, 3.05) is 0 Å². The van der Waals surface area contributed by atoms with Crippen LogP contribution in [0.4, 0.5) is 0 Å². The second-order valence-electron chi connectivity index (χ2n) is 7.79. The lowest BCUT2D eigenvalue weighted by molar-refractivity contribution is 0.442. The van der Waals surface area contributed by atoms with Crippen LogP contribution in [-0.4, -0.2) is 9.97 Å². The van der Waals surface area contributed by atoms with E-state index in [1.807, 2.05) is 30.3 Å². The number of furan rings is 1. The number of aryl methyl sites for hydroxylation is 1. The van der Waals surface area contributed by atoms with E-state index in [-0.39, 0.29) is 11.6 Å². The Morgan fingerprint density at radius 2 is 2.00 bits per heavy atom. The third-order valence-corrected chi connectivity index (χ3v) is 6.64. The topological polar surface area (TPSA) is 70.9 Å². The van der Waals surface area contributed by atoms with Crippen molar-refractivity contribution < 1.29 is 4.42 Å². The summed E-state index contributed by atoms with van der Waals surface area (Å²) in [4.78, 5) is 22.7. The molecule has 1 aromatic carbocycles. The number of aromatic nitrogens is 2. The zero-order valence-electron chi connectivity index (χ0n) is 17.6. The Labute approximate surface area is 180 Å². The van der Waals surface area contributed by atoms with Gasteiger partial charge in [0.1, 0.15) is 16.4 Å². The number of H-pyrrole nitrogens is 1. The number of nitrogens with one attached hydrogen (secondary N) is 2. The lowest BCUT2D eigenvalue weighted by atomic mass is 9.98. The summed E-state index contributed by atoms with van der Waals surface area (Å²) in [6.45, 7) is 6.93. The van der Waals surface area contributed by atoms with Crippen molar-refractivity contribution in [3.8, 4) is 0 Å². The molecule has 2 atom stereocenters. The van der Waals surface area contributed by atoms with Crippen molar-refractivity contribution in [3.63, 3.8) is 0 Å². The van der Waals surface area contributed by atoms with Crippen LogP contribution in [0.15, 0.2) is 57.9 Å². The van der Waals surface area contributed by atoms with Crippen molar-refractivity contribution in [1.82, 2.24) is 15.3 Å². The smallest absolute Gasteiger partial charge is 0.259 e. The van der Waals surface area contributed by atoms with Gasteiger partial charge in [-0.3, -0.25) is 10.1 Å². The maximum Gasteiger partial charge on any atom is 0.259 e. The summed E-state index contributed by atoms with van der Waals surface area (Å²) in [5, 5.41) is 4.24. The lowest BCUT2D eigenvalue weighted by Gasteiger charge is -2.17. The summed E-state index contributed by atoms with van der Waals surface area (Å²) in [5.41, 5.74) is 2.20. The molecule has 0 spiro atoms. The first-order chi connectivity index (χ1) is 14.6. The number of hydrogen-bond donors (Lipinski definition) is 2. The highest BCUT2D eigenvalue weighted by Crippen LogP contribution is 2.30. The van der Waals surface area contributed by atoms with Gasteiger partial charge in [0.05, 0.1) is 24.2 Å². The van der Waals surface area contributed by atoms with E-state index < -0.39 is 0 Å². The Morgan fingerprint density at radius 1 is 1.20 bits per heavy atom. The van der Waals surface area contributed by atoms with Gasteiger partial charge in [-0.2, -0.15) is 0 Å². The Hall–Kier alpha value is -2.70. The van der Waals surface area contributed by atoms with Gasteiger partial charge in [0, 0.05) is 4.88 Å². The van der Waals surface area contributed by atoms with Crippen LogP contribution in [0, 0.1) is 12.8 Å². The van der Waals surface area contributed by atoms with E-state index >= 15 is 0 Å². The normalized spacial score (nSPS) is 13.6. The maximum absolute atomic E-state index is 12.9. The van der Waals surface area contributed by atoms with Gasteiger partial charge in [0.2, 0.25) is 0 Å². The molecule has 0 radical (unpaired) electrons. The molecule has 3 aromatic heterocycles. The summed E-state index contributed by atoms with van der Waals surface area (Å²) in [6.07, 6.45) is 3.68. The van der Waals surface area contributed by atoms with Crippen molar-refractivity contribution in [2.24, 2.45) is 5.92 Å². The fraction of sp³-hybridized carbons (Fsp3) is 0.333. The average molecular weight is 422 g/mol. The Kier molecular flexibility index (Phi) is 6.16. The lowest BCUT2D eigenvalue weighted by Crippen LogP contribution is -2.24. The molecular formula is C24H27N3O2S. The zero-order valence-corrected chi connectivity index (χ0v) is 18.4. The van der Waals surface area contributed by atoms with E-state index in [9.17, 15) is 4.79 Å². The van der Waals surface area contributed by atoms with Gasteiger partial charge in [-0.15, -0.1) is 11.3 Å². The summed E-state index contributed by atoms with van der Waals surface area (Å²) in [5.74, 6) is 2.01. The van der Waals surface area contributed by atoms with Crippen molar-refractivity contribution in [3.05, 3.63) is 86.7 Å². The second-order valence-corrected chi connectivity index (χ2v) is 8.99. The van der Waals surface area contributed by atoms with Gasteiger partial charge in [-0.1, -0.05) is 50.6 Å². The number of fused-ring (bicyclic) bond motifs is 1. The van der Waals surface area contributed by atoms with Gasteiger partial charge in [0.25, 0.3) is 5.56 Å². The minimum Gasteiger partial charge on any atom is -0.467 e. The molecule has 0 saturated heterocycles. The van der Waals surface area contributed by atoms with Gasteiger partial charge in [-0.05, 0) is 42.5 Å². The highest BCUT2D eigenvalue weighted by atomic mass is 32.1. The molecule has 0 bridgehead atoms. The number of nitrogens with zero attached hydrogens (tertiary/aromatic N) is 1. The Morgan fingerprint density at radius 3 is 2.70 bits per heavy atom. The predicted octanol–water partition coefficient (Wildman–Crippen LogP) is 5.35. The van der Waals surface area contributed by atoms with E-state index in [0.29, 0.717) is 18.3 Å². The molecule has 0 aliphatic heterocycles. The minimum atomic E-state index is -0.117. The number of rotatable bonds is 8. The van der Waals surface area contributed by atoms with E-state index in [1.54, 1.807) is 17.6 Å². The first kappa shape index (κ1) is 20.6. The van der Waals surface area contributed by atoms with Gasteiger partial charge >= 0.3 is 0 Å². The van der Waals surface area contributed by atoms with E-state index in [4.69, 9.17) is 9.40 Å². The molecule has 0 aliphatic carbocycles. The van der Waals surface area contributed by atoms with Crippen LogP contribution < -0.4 is 10.9 Å². The average Bonchev–Trinajstić information content (AvgIpc) is 3.37. The number of aromatic amines is 1. The molecule has 156 valence electrons. The number of benzene rings is 1. The first-order valence-electron chi connectivity index (χ1n) is 10.4. The van der Waals surface area contributed by atoms with Crippen LogP contribution in [0.3, 0.4) is 0 Å². The standard InChI is InChI=1S/C24H27N3O2S/c1-4-15(2)13-18-16(3)30-24-21(18)23(28)26-20(27-24)14-25-22(19-11-8-12-29-19)17-9-6-5-7-10-17/h5-12,15,22,25H,4,13-14H2,1-3H3,(H,26,27,28)/t15-,22-/m1/s1. The molecular weight excluding hydrogens is 394 g/mol. The fourth-order valence-corrected chi connectivity index (χ4v) is 4.80. The van der Waals surface area contributed by atoms with Crippen LogP contribution in [-0.2, 0) is 13.0 Å². The van der Waals surface area contributed by atoms with Gasteiger partial charge in [-0.25, -0.2) is 4.98 Å². The van der Waals surface area contributed by atoms with Gasteiger partial charge in [0.15, 0.2) is 0 Å². The highest BCUT2D eigenvalue weighted by molar-refractivity contribution is 7.18.